The second kappa shape index (κ2) is 10.6. The summed E-state index contributed by atoms with van der Waals surface area (Å²) in [5.41, 5.74) is 3.53. The monoisotopic (exact) mass is 476 g/mol. The highest BCUT2D eigenvalue weighted by Gasteiger charge is 2.17. The van der Waals surface area contributed by atoms with Gasteiger partial charge in [0.1, 0.15) is 5.69 Å². The van der Waals surface area contributed by atoms with E-state index in [1.54, 1.807) is 56.6 Å². The molecular weight excluding hydrogens is 444 g/mol. The lowest BCUT2D eigenvalue weighted by Gasteiger charge is -2.19. The number of aromatic nitrogens is 1. The van der Waals surface area contributed by atoms with E-state index < -0.39 is 6.03 Å². The molecule has 0 atom stereocenters. The van der Waals surface area contributed by atoms with Gasteiger partial charge in [0.25, 0.3) is 11.5 Å². The number of aliphatic hydroxyl groups excluding tert-OH is 1. The summed E-state index contributed by atoms with van der Waals surface area (Å²) in [6, 6.07) is 13.8. The average molecular weight is 477 g/mol. The lowest BCUT2D eigenvalue weighted by Crippen LogP contribution is -2.32. The van der Waals surface area contributed by atoms with Crippen LogP contribution in [0.15, 0.2) is 59.5 Å². The van der Waals surface area contributed by atoms with Crippen molar-refractivity contribution in [1.82, 2.24) is 9.88 Å². The van der Waals surface area contributed by atoms with Gasteiger partial charge in [0, 0.05) is 42.2 Å². The molecule has 8 nitrogen and oxygen atoms in total. The number of carbonyl (C=O) groups excluding carboxylic acids is 2. The second-order valence-corrected chi connectivity index (χ2v) is 9.31. The molecule has 1 heterocycles. The second-order valence-electron chi connectivity index (χ2n) is 9.31. The molecule has 3 rings (SSSR count). The van der Waals surface area contributed by atoms with Gasteiger partial charge in [-0.05, 0) is 47.7 Å². The summed E-state index contributed by atoms with van der Waals surface area (Å²) >= 11 is 0. The third-order valence-corrected chi connectivity index (χ3v) is 5.68. The first-order valence-electron chi connectivity index (χ1n) is 11.5. The molecule has 2 aromatic carbocycles. The average Bonchev–Trinajstić information content (AvgIpc) is 2.81. The van der Waals surface area contributed by atoms with E-state index in [2.05, 4.69) is 36.7 Å². The molecule has 0 saturated carbocycles. The Morgan fingerprint density at radius 2 is 1.69 bits per heavy atom. The van der Waals surface area contributed by atoms with Gasteiger partial charge in [-0.1, -0.05) is 45.0 Å². The molecule has 3 aromatic rings. The minimum atomic E-state index is -0.484. The Balaban J connectivity index is 1.95. The Kier molecular flexibility index (Phi) is 7.76. The predicted octanol–water partition coefficient (Wildman–Crippen LogP) is 4.24. The summed E-state index contributed by atoms with van der Waals surface area (Å²) in [5.74, 6) is -0.295. The fourth-order valence-corrected chi connectivity index (χ4v) is 3.74. The standard InChI is InChI=1S/C27H32N4O4/c1-6-28-26(35)30-23-14-18(15-31(5)25(23)34)20-8-7-9-22(21(20)16-32)29-24(33)17-10-12-19(13-11-17)27(2,3)4/h7-15,32H,6,16H2,1-5H3,(H,29,33)(H2,28,30,35). The van der Waals surface area contributed by atoms with Crippen LogP contribution < -0.4 is 21.5 Å². The van der Waals surface area contributed by atoms with Crippen molar-refractivity contribution in [1.29, 1.82) is 0 Å². The lowest BCUT2D eigenvalue weighted by molar-refractivity contribution is 0.102. The van der Waals surface area contributed by atoms with Gasteiger partial charge in [-0.2, -0.15) is 0 Å². The van der Waals surface area contributed by atoms with Crippen molar-refractivity contribution < 1.29 is 14.7 Å². The van der Waals surface area contributed by atoms with Gasteiger partial charge in [0.2, 0.25) is 0 Å². The van der Waals surface area contributed by atoms with Crippen molar-refractivity contribution in [3.05, 3.63) is 81.8 Å². The van der Waals surface area contributed by atoms with Crippen LogP contribution in [0.1, 0.15) is 49.2 Å². The Bertz CT molecular complexity index is 1290. The molecule has 0 fully saturated rings. The number of aryl methyl sites for hydroxylation is 1. The molecule has 0 radical (unpaired) electrons. The van der Waals surface area contributed by atoms with E-state index in [9.17, 15) is 19.5 Å². The number of urea groups is 1. The number of amides is 3. The van der Waals surface area contributed by atoms with E-state index in [0.717, 1.165) is 5.56 Å². The van der Waals surface area contributed by atoms with Gasteiger partial charge >= 0.3 is 6.03 Å². The van der Waals surface area contributed by atoms with Gasteiger partial charge in [0.15, 0.2) is 0 Å². The maximum Gasteiger partial charge on any atom is 0.319 e. The minimum Gasteiger partial charge on any atom is -0.392 e. The van der Waals surface area contributed by atoms with E-state index in [4.69, 9.17) is 0 Å². The third kappa shape index (κ3) is 5.96. The highest BCUT2D eigenvalue weighted by atomic mass is 16.3. The summed E-state index contributed by atoms with van der Waals surface area (Å²) in [6.07, 6.45) is 1.62. The van der Waals surface area contributed by atoms with Crippen LogP contribution in [0.2, 0.25) is 0 Å². The molecule has 0 aliphatic rings. The fraction of sp³-hybridized carbons (Fsp3) is 0.296. The van der Waals surface area contributed by atoms with Crippen LogP contribution in [0.25, 0.3) is 11.1 Å². The summed E-state index contributed by atoms with van der Waals surface area (Å²) in [7, 11) is 1.58. The summed E-state index contributed by atoms with van der Waals surface area (Å²) in [4.78, 5) is 37.4. The molecular formula is C27H32N4O4. The first-order chi connectivity index (χ1) is 16.5. The molecule has 0 spiro atoms. The molecule has 3 amide bonds. The molecule has 0 bridgehead atoms. The van der Waals surface area contributed by atoms with Crippen molar-refractivity contribution >= 4 is 23.3 Å². The molecule has 1 aromatic heterocycles. The topological polar surface area (TPSA) is 112 Å². The van der Waals surface area contributed by atoms with Crippen LogP contribution in [-0.2, 0) is 19.1 Å². The highest BCUT2D eigenvalue weighted by Crippen LogP contribution is 2.30. The van der Waals surface area contributed by atoms with Crippen LogP contribution >= 0.6 is 0 Å². The largest absolute Gasteiger partial charge is 0.392 e. The van der Waals surface area contributed by atoms with Crippen LogP contribution in [0.4, 0.5) is 16.2 Å². The fourth-order valence-electron chi connectivity index (χ4n) is 3.74. The third-order valence-electron chi connectivity index (χ3n) is 5.68. The molecule has 184 valence electrons. The van der Waals surface area contributed by atoms with Crippen molar-refractivity contribution in [2.45, 2.75) is 39.7 Å². The molecule has 35 heavy (non-hydrogen) atoms. The maximum atomic E-state index is 12.9. The van der Waals surface area contributed by atoms with Crippen LogP contribution in [0, 0.1) is 0 Å². The minimum absolute atomic E-state index is 0.0197. The number of carbonyl (C=O) groups is 2. The van der Waals surface area contributed by atoms with E-state index >= 15 is 0 Å². The molecule has 8 heteroatoms. The Morgan fingerprint density at radius 3 is 2.29 bits per heavy atom. The summed E-state index contributed by atoms with van der Waals surface area (Å²) in [5, 5.41) is 18.2. The van der Waals surface area contributed by atoms with Crippen LogP contribution in [0.5, 0.6) is 0 Å². The SMILES string of the molecule is CCNC(=O)Nc1cc(-c2cccc(NC(=O)c3ccc(C(C)(C)C)cc3)c2CO)cn(C)c1=O. The number of hydrogen-bond acceptors (Lipinski definition) is 4. The van der Waals surface area contributed by atoms with E-state index in [-0.39, 0.29) is 29.2 Å². The number of hydrogen-bond donors (Lipinski definition) is 4. The number of pyridine rings is 1. The Labute approximate surface area is 205 Å². The highest BCUT2D eigenvalue weighted by molar-refractivity contribution is 6.05. The molecule has 0 aliphatic heterocycles. The number of nitrogens with one attached hydrogen (secondary N) is 3. The Morgan fingerprint density at radius 1 is 1.00 bits per heavy atom. The van der Waals surface area contributed by atoms with E-state index in [0.29, 0.717) is 34.5 Å². The molecule has 4 N–H and O–H groups in total. The van der Waals surface area contributed by atoms with Gasteiger partial charge in [0.05, 0.1) is 6.61 Å². The summed E-state index contributed by atoms with van der Waals surface area (Å²) < 4.78 is 1.36. The van der Waals surface area contributed by atoms with Crippen molar-refractivity contribution in [2.75, 3.05) is 17.2 Å². The van der Waals surface area contributed by atoms with E-state index in [1.807, 2.05) is 12.1 Å². The quantitative estimate of drug-likeness (QED) is 0.426. The van der Waals surface area contributed by atoms with Crippen molar-refractivity contribution in [2.24, 2.45) is 7.05 Å². The van der Waals surface area contributed by atoms with Gasteiger partial charge in [-0.3, -0.25) is 9.59 Å². The van der Waals surface area contributed by atoms with Crippen LogP contribution in [0.3, 0.4) is 0 Å². The maximum absolute atomic E-state index is 12.9. The van der Waals surface area contributed by atoms with Crippen molar-refractivity contribution in [3.8, 4) is 11.1 Å². The van der Waals surface area contributed by atoms with E-state index in [1.165, 1.54) is 4.57 Å². The normalized spacial score (nSPS) is 11.1. The number of nitrogens with zero attached hydrogens (tertiary/aromatic N) is 1. The molecule has 0 saturated heterocycles. The number of rotatable bonds is 6. The van der Waals surface area contributed by atoms with Gasteiger partial charge in [-0.15, -0.1) is 0 Å². The number of anilines is 2. The first-order valence-corrected chi connectivity index (χ1v) is 11.5. The lowest BCUT2D eigenvalue weighted by atomic mass is 9.86. The molecule has 0 aliphatic carbocycles. The Hall–Kier alpha value is -3.91. The summed E-state index contributed by atoms with van der Waals surface area (Å²) in [6.45, 7) is 8.19. The first kappa shape index (κ1) is 25.7. The molecule has 0 unspecified atom stereocenters. The zero-order chi connectivity index (χ0) is 25.8. The van der Waals surface area contributed by atoms with Crippen LogP contribution in [-0.4, -0.2) is 28.2 Å². The zero-order valence-electron chi connectivity index (χ0n) is 20.7. The zero-order valence-corrected chi connectivity index (χ0v) is 20.7. The number of benzene rings is 2. The van der Waals surface area contributed by atoms with Crippen molar-refractivity contribution in [3.63, 3.8) is 0 Å². The predicted molar refractivity (Wildman–Crippen MR) is 139 cm³/mol. The smallest absolute Gasteiger partial charge is 0.319 e. The number of aliphatic hydroxyl groups is 1. The van der Waals surface area contributed by atoms with Gasteiger partial charge < -0.3 is 25.6 Å². The van der Waals surface area contributed by atoms with Gasteiger partial charge in [-0.25, -0.2) is 4.79 Å².